The molecule has 0 aliphatic heterocycles. The van der Waals surface area contributed by atoms with Crippen LogP contribution in [0.3, 0.4) is 0 Å². The van der Waals surface area contributed by atoms with Crippen LogP contribution in [0, 0.1) is 5.82 Å². The highest BCUT2D eigenvalue weighted by Gasteiger charge is 2.86. The molecular weight excluding hydrogens is 675 g/mol. The molecule has 0 unspecified atom stereocenters. The molecule has 0 amide bonds. The maximum absolute atomic E-state index is 14.3. The highest BCUT2D eigenvalue weighted by Crippen LogP contribution is 2.58. The summed E-state index contributed by atoms with van der Waals surface area (Å²) >= 11 is 6.18. The molecule has 1 heterocycles. The summed E-state index contributed by atoms with van der Waals surface area (Å²) in [5, 5.41) is 0.344. The minimum Gasteiger partial charge on any atom is -1.00 e. The van der Waals surface area contributed by atoms with E-state index in [1.807, 2.05) is 30.8 Å². The monoisotopic (exact) mass is 710 g/mol. The maximum Gasteiger partial charge on any atom is 0.460 e. The highest BCUT2D eigenvalue weighted by atomic mass is 35.5. The molecule has 45 heavy (non-hydrogen) atoms. The molecule has 0 radical (unpaired) electrons. The van der Waals surface area contributed by atoms with E-state index in [4.69, 9.17) is 11.6 Å². The average molecular weight is 712 g/mol. The van der Waals surface area contributed by atoms with Gasteiger partial charge < -0.3 is 12.4 Å². The summed E-state index contributed by atoms with van der Waals surface area (Å²) in [5.41, 5.74) is 0.401. The van der Waals surface area contributed by atoms with E-state index in [0.717, 1.165) is 38.1 Å². The first-order chi connectivity index (χ1) is 20.2. The molecule has 0 spiro atoms. The Labute approximate surface area is 265 Å². The Morgan fingerprint density at radius 3 is 1.73 bits per heavy atom. The Hall–Kier alpha value is -1.83. The van der Waals surface area contributed by atoms with Crippen molar-refractivity contribution in [3.05, 3.63) is 52.8 Å². The second kappa shape index (κ2) is 16.3. The van der Waals surface area contributed by atoms with Gasteiger partial charge in [-0.2, -0.15) is 48.3 Å². The van der Waals surface area contributed by atoms with Crippen molar-refractivity contribution in [2.24, 2.45) is 0 Å². The Morgan fingerprint density at radius 1 is 0.733 bits per heavy atom. The molecule has 1 aromatic carbocycles. The molecule has 0 aliphatic rings. The third-order valence-corrected chi connectivity index (χ3v) is 7.77. The predicted octanol–water partition coefficient (Wildman–Crippen LogP) is 7.75. The molecule has 0 N–H and O–H groups in total. The molecule has 260 valence electrons. The molecule has 0 saturated heterocycles. The number of unbranched alkanes of at least 4 members (excludes halogenated alkanes) is 8. The van der Waals surface area contributed by atoms with E-state index in [-0.39, 0.29) is 43.5 Å². The van der Waals surface area contributed by atoms with Gasteiger partial charge >= 0.3 is 29.9 Å². The van der Waals surface area contributed by atoms with E-state index >= 15 is 0 Å². The van der Waals surface area contributed by atoms with Gasteiger partial charge in [0.1, 0.15) is 24.8 Å². The van der Waals surface area contributed by atoms with Crippen molar-refractivity contribution in [2.75, 3.05) is 0 Å². The highest BCUT2D eigenvalue weighted by molar-refractivity contribution is 6.31. The quantitative estimate of drug-likeness (QED) is 0.0851. The first-order valence-electron chi connectivity index (χ1n) is 14.3. The number of benzene rings is 1. The van der Waals surface area contributed by atoms with Crippen LogP contribution in [-0.2, 0) is 13.1 Å². The molecule has 0 saturated carbocycles. The fourth-order valence-corrected chi connectivity index (χ4v) is 5.17. The number of alkyl halides is 11. The third kappa shape index (κ3) is 9.60. The summed E-state index contributed by atoms with van der Waals surface area (Å²) in [5.74, 6) is -26.6. The van der Waals surface area contributed by atoms with Crippen LogP contribution in [0.2, 0.25) is 5.02 Å². The van der Waals surface area contributed by atoms with E-state index in [9.17, 15) is 52.7 Å². The number of hydrogen-bond donors (Lipinski definition) is 0. The van der Waals surface area contributed by atoms with Crippen LogP contribution in [0.5, 0.6) is 0 Å². The lowest BCUT2D eigenvalue weighted by Gasteiger charge is -2.37. The molecule has 2 rings (SSSR count). The SMILES string of the molecule is CC(C)c1n(CCCCCCCCCCCC(F)(F)C(F)(F)C(F)(F)C(F)(F)C(F)(F)F)cc[n+]1Cc1c(F)cccc1Cl.[Cl-]. The molecular formula is C29H36Cl2F12N2. The molecule has 0 bridgehead atoms. The lowest BCUT2D eigenvalue weighted by atomic mass is 9.94. The maximum atomic E-state index is 14.3. The van der Waals surface area contributed by atoms with Crippen LogP contribution in [0.1, 0.15) is 95.4 Å². The van der Waals surface area contributed by atoms with Gasteiger partial charge in [0.05, 0.1) is 17.5 Å². The van der Waals surface area contributed by atoms with Crippen LogP contribution in [0.25, 0.3) is 0 Å². The van der Waals surface area contributed by atoms with Gasteiger partial charge in [-0.3, -0.25) is 0 Å². The molecule has 0 fully saturated rings. The van der Waals surface area contributed by atoms with Crippen molar-refractivity contribution in [3.8, 4) is 0 Å². The van der Waals surface area contributed by atoms with Gasteiger partial charge in [0.2, 0.25) is 0 Å². The Morgan fingerprint density at radius 2 is 1.24 bits per heavy atom. The van der Waals surface area contributed by atoms with Crippen molar-refractivity contribution in [3.63, 3.8) is 0 Å². The molecule has 1 aromatic heterocycles. The van der Waals surface area contributed by atoms with Crippen LogP contribution in [-0.4, -0.2) is 34.4 Å². The molecule has 2 nitrogen and oxygen atoms in total. The van der Waals surface area contributed by atoms with E-state index < -0.39 is 42.7 Å². The van der Waals surface area contributed by atoms with Crippen molar-refractivity contribution in [1.29, 1.82) is 0 Å². The summed E-state index contributed by atoms with van der Waals surface area (Å²) < 4.78 is 162. The molecule has 0 aliphatic carbocycles. The number of hydrogen-bond acceptors (Lipinski definition) is 0. The lowest BCUT2D eigenvalue weighted by molar-refractivity contribution is -0.696. The first-order valence-corrected chi connectivity index (χ1v) is 14.7. The number of imidazole rings is 1. The van der Waals surface area contributed by atoms with E-state index in [0.29, 0.717) is 23.4 Å². The fraction of sp³-hybridized carbons (Fsp3) is 0.690. The van der Waals surface area contributed by atoms with Crippen molar-refractivity contribution >= 4 is 11.6 Å². The van der Waals surface area contributed by atoms with Crippen LogP contribution >= 0.6 is 11.6 Å². The van der Waals surface area contributed by atoms with Crippen molar-refractivity contribution < 1.29 is 69.7 Å². The van der Waals surface area contributed by atoms with Gasteiger partial charge in [-0.25, -0.2) is 13.5 Å². The predicted molar refractivity (Wildman–Crippen MR) is 141 cm³/mol. The third-order valence-electron chi connectivity index (χ3n) is 7.42. The zero-order chi connectivity index (χ0) is 33.6. The van der Waals surface area contributed by atoms with E-state index in [2.05, 4.69) is 4.57 Å². The largest absolute Gasteiger partial charge is 1.00 e. The minimum atomic E-state index is -7.34. The average Bonchev–Trinajstić information content (AvgIpc) is 3.31. The number of halogens is 14. The molecule has 0 atom stereocenters. The summed E-state index contributed by atoms with van der Waals surface area (Å²) in [4.78, 5) is 0. The number of aryl methyl sites for hydroxylation is 1. The van der Waals surface area contributed by atoms with Gasteiger partial charge in [-0.1, -0.05) is 70.0 Å². The smallest absolute Gasteiger partial charge is 0.460 e. The van der Waals surface area contributed by atoms with Crippen molar-refractivity contribution in [2.45, 2.75) is 127 Å². The summed E-state index contributed by atoms with van der Waals surface area (Å²) in [6.07, 6.45) is -1.39. The van der Waals surface area contributed by atoms with Gasteiger partial charge in [-0.05, 0) is 31.4 Å². The van der Waals surface area contributed by atoms with Crippen LogP contribution in [0.15, 0.2) is 30.6 Å². The fourth-order valence-electron chi connectivity index (χ4n) is 4.95. The zero-order valence-corrected chi connectivity index (χ0v) is 26.1. The van der Waals surface area contributed by atoms with E-state index in [1.54, 1.807) is 12.1 Å². The van der Waals surface area contributed by atoms with Gasteiger partial charge in [0.15, 0.2) is 0 Å². The number of nitrogens with zero attached hydrogens (tertiary/aromatic N) is 2. The topological polar surface area (TPSA) is 8.81 Å². The standard InChI is InChI=1S/C29H36ClF12N2.ClH/c1-20(2)24-43(17-18-44(24)19-21-22(30)13-12-14-23(21)31)16-11-9-7-5-3-4-6-8-10-15-25(32,33)26(34,35)27(36,37)28(38,39)29(40,41)42;/h12-14,17-18,20H,3-11,15-16,19H2,1-2H3;1H/q+1;/p-1. The van der Waals surface area contributed by atoms with Gasteiger partial charge in [0.25, 0.3) is 5.82 Å². The lowest BCUT2D eigenvalue weighted by Crippen LogP contribution is -3.00. The van der Waals surface area contributed by atoms with Gasteiger partial charge in [0, 0.05) is 12.0 Å². The first kappa shape index (κ1) is 41.2. The van der Waals surface area contributed by atoms with Crippen LogP contribution < -0.4 is 17.0 Å². The minimum absolute atomic E-state index is 0. The second-order valence-corrected chi connectivity index (χ2v) is 11.6. The van der Waals surface area contributed by atoms with Crippen molar-refractivity contribution in [1.82, 2.24) is 4.57 Å². The zero-order valence-electron chi connectivity index (χ0n) is 24.6. The Bertz CT molecular complexity index is 1180. The van der Waals surface area contributed by atoms with Gasteiger partial charge in [-0.15, -0.1) is 0 Å². The summed E-state index contributed by atoms with van der Waals surface area (Å²) in [7, 11) is 0. The number of rotatable bonds is 18. The normalized spacial score (nSPS) is 13.4. The van der Waals surface area contributed by atoms with E-state index in [1.165, 1.54) is 6.07 Å². The summed E-state index contributed by atoms with van der Waals surface area (Å²) in [6.45, 7) is 5.06. The second-order valence-electron chi connectivity index (χ2n) is 11.2. The Kier molecular flexibility index (Phi) is 14.9. The molecule has 2 aromatic rings. The molecule has 16 heteroatoms. The number of aromatic nitrogens is 2. The Balaban J connectivity index is 0.0000101. The summed E-state index contributed by atoms with van der Waals surface area (Å²) in [6, 6.07) is 4.53. The van der Waals surface area contributed by atoms with Crippen LogP contribution in [0.4, 0.5) is 52.7 Å².